The Kier molecular flexibility index (Phi) is 5.74. The lowest BCUT2D eigenvalue weighted by Gasteiger charge is -2.09. The summed E-state index contributed by atoms with van der Waals surface area (Å²) in [4.78, 5) is 23.2. The number of methoxy groups -OCH3 is 1. The van der Waals surface area contributed by atoms with Crippen molar-refractivity contribution in [3.05, 3.63) is 70.8 Å². The van der Waals surface area contributed by atoms with Gasteiger partial charge in [0.2, 0.25) is 0 Å². The Bertz CT molecular complexity index is 681. The molecule has 0 heterocycles. The molecule has 0 saturated carbocycles. The Balaban J connectivity index is 1.80. The molecule has 5 nitrogen and oxygen atoms in total. The van der Waals surface area contributed by atoms with Crippen molar-refractivity contribution >= 4 is 12.0 Å². The van der Waals surface area contributed by atoms with E-state index in [1.807, 2.05) is 31.2 Å². The molecular formula is C18H20N2O3. The molecule has 0 atom stereocenters. The first-order valence-electron chi connectivity index (χ1n) is 7.33. The van der Waals surface area contributed by atoms with Crippen LogP contribution in [0.1, 0.15) is 27.0 Å². The lowest BCUT2D eigenvalue weighted by Crippen LogP contribution is -2.34. The number of hydrogen-bond acceptors (Lipinski definition) is 3. The number of aryl methyl sites for hydroxylation is 1. The average Bonchev–Trinajstić information content (AvgIpc) is 2.59. The summed E-state index contributed by atoms with van der Waals surface area (Å²) in [6, 6.07) is 14.6. The van der Waals surface area contributed by atoms with Crippen molar-refractivity contribution in [3.8, 4) is 0 Å². The van der Waals surface area contributed by atoms with Crippen molar-refractivity contribution in [2.45, 2.75) is 20.0 Å². The van der Waals surface area contributed by atoms with E-state index >= 15 is 0 Å². The number of carbonyl (C=O) groups excluding carboxylic acids is 2. The molecular weight excluding hydrogens is 292 g/mol. The van der Waals surface area contributed by atoms with Gasteiger partial charge in [-0.1, -0.05) is 36.4 Å². The Morgan fingerprint density at radius 1 is 0.957 bits per heavy atom. The third-order valence-electron chi connectivity index (χ3n) is 3.53. The zero-order chi connectivity index (χ0) is 16.7. The Labute approximate surface area is 135 Å². The second kappa shape index (κ2) is 7.98. The van der Waals surface area contributed by atoms with Gasteiger partial charge in [0.25, 0.3) is 0 Å². The molecule has 2 aromatic carbocycles. The third-order valence-corrected chi connectivity index (χ3v) is 3.53. The highest BCUT2D eigenvalue weighted by molar-refractivity contribution is 5.89. The number of rotatable bonds is 5. The lowest BCUT2D eigenvalue weighted by molar-refractivity contribution is 0.0600. The number of urea groups is 1. The van der Waals surface area contributed by atoms with Gasteiger partial charge in [-0.2, -0.15) is 0 Å². The fraction of sp³-hybridized carbons (Fsp3) is 0.222. The summed E-state index contributed by atoms with van der Waals surface area (Å²) in [6.45, 7) is 2.89. The maximum Gasteiger partial charge on any atom is 0.337 e. The van der Waals surface area contributed by atoms with Crippen molar-refractivity contribution in [3.63, 3.8) is 0 Å². The van der Waals surface area contributed by atoms with E-state index in [-0.39, 0.29) is 12.0 Å². The molecule has 0 aliphatic heterocycles. The molecule has 0 aliphatic rings. The molecule has 0 fully saturated rings. The first kappa shape index (κ1) is 16.5. The van der Waals surface area contributed by atoms with E-state index in [0.29, 0.717) is 18.7 Å². The van der Waals surface area contributed by atoms with Gasteiger partial charge in [-0.05, 0) is 35.7 Å². The molecule has 0 bridgehead atoms. The molecule has 2 aromatic rings. The number of benzene rings is 2. The highest BCUT2D eigenvalue weighted by Gasteiger charge is 2.05. The minimum absolute atomic E-state index is 0.231. The van der Waals surface area contributed by atoms with Crippen LogP contribution in [-0.4, -0.2) is 19.1 Å². The first-order valence-corrected chi connectivity index (χ1v) is 7.33. The molecule has 2 rings (SSSR count). The molecule has 0 radical (unpaired) electrons. The summed E-state index contributed by atoms with van der Waals surface area (Å²) in [6.07, 6.45) is 0. The number of ether oxygens (including phenoxy) is 1. The minimum atomic E-state index is -0.375. The van der Waals surface area contributed by atoms with Gasteiger partial charge in [0, 0.05) is 13.1 Å². The quantitative estimate of drug-likeness (QED) is 0.834. The zero-order valence-electron chi connectivity index (χ0n) is 13.3. The number of carbonyl (C=O) groups is 2. The molecule has 0 aromatic heterocycles. The topological polar surface area (TPSA) is 67.4 Å². The van der Waals surface area contributed by atoms with Crippen LogP contribution in [0.2, 0.25) is 0 Å². The van der Waals surface area contributed by atoms with Crippen LogP contribution in [0.3, 0.4) is 0 Å². The van der Waals surface area contributed by atoms with Crippen LogP contribution in [0.25, 0.3) is 0 Å². The smallest absolute Gasteiger partial charge is 0.337 e. The summed E-state index contributed by atoms with van der Waals surface area (Å²) in [5, 5.41) is 5.61. The Morgan fingerprint density at radius 2 is 1.61 bits per heavy atom. The SMILES string of the molecule is COC(=O)c1ccc(CNC(=O)NCc2ccccc2C)cc1. The normalized spacial score (nSPS) is 10.0. The maximum atomic E-state index is 11.8. The summed E-state index contributed by atoms with van der Waals surface area (Å²) in [7, 11) is 1.34. The van der Waals surface area contributed by atoms with E-state index < -0.39 is 0 Å². The first-order chi connectivity index (χ1) is 11.1. The Hall–Kier alpha value is -2.82. The van der Waals surface area contributed by atoms with Crippen LogP contribution in [-0.2, 0) is 17.8 Å². The van der Waals surface area contributed by atoms with Crippen LogP contribution in [0.15, 0.2) is 48.5 Å². The van der Waals surface area contributed by atoms with E-state index in [4.69, 9.17) is 0 Å². The van der Waals surface area contributed by atoms with Gasteiger partial charge < -0.3 is 15.4 Å². The number of hydrogen-bond donors (Lipinski definition) is 2. The molecule has 0 aliphatic carbocycles. The van der Waals surface area contributed by atoms with Crippen molar-refractivity contribution in [2.75, 3.05) is 7.11 Å². The Morgan fingerprint density at radius 3 is 2.26 bits per heavy atom. The monoisotopic (exact) mass is 312 g/mol. The van der Waals surface area contributed by atoms with Crippen LogP contribution in [0.4, 0.5) is 4.79 Å². The van der Waals surface area contributed by atoms with Crippen molar-refractivity contribution in [1.29, 1.82) is 0 Å². The maximum absolute atomic E-state index is 11.8. The summed E-state index contributed by atoms with van der Waals surface area (Å²) in [5.41, 5.74) is 3.63. The summed E-state index contributed by atoms with van der Waals surface area (Å²) < 4.78 is 4.64. The van der Waals surface area contributed by atoms with Crippen LogP contribution in [0, 0.1) is 6.92 Å². The minimum Gasteiger partial charge on any atom is -0.465 e. The second-order valence-electron chi connectivity index (χ2n) is 5.15. The highest BCUT2D eigenvalue weighted by atomic mass is 16.5. The molecule has 0 saturated heterocycles. The van der Waals surface area contributed by atoms with Gasteiger partial charge in [-0.25, -0.2) is 9.59 Å². The van der Waals surface area contributed by atoms with E-state index in [2.05, 4.69) is 15.4 Å². The number of nitrogens with one attached hydrogen (secondary N) is 2. The van der Waals surface area contributed by atoms with E-state index in [9.17, 15) is 9.59 Å². The predicted octanol–water partition coefficient (Wildman–Crippen LogP) is 2.78. The van der Waals surface area contributed by atoms with Crippen LogP contribution >= 0.6 is 0 Å². The largest absolute Gasteiger partial charge is 0.465 e. The van der Waals surface area contributed by atoms with Crippen LogP contribution in [0.5, 0.6) is 0 Å². The van der Waals surface area contributed by atoms with Gasteiger partial charge in [0.15, 0.2) is 0 Å². The molecule has 0 spiro atoms. The molecule has 23 heavy (non-hydrogen) atoms. The second-order valence-corrected chi connectivity index (χ2v) is 5.15. The van der Waals surface area contributed by atoms with Crippen molar-refractivity contribution in [1.82, 2.24) is 10.6 Å². The average molecular weight is 312 g/mol. The van der Waals surface area contributed by atoms with Crippen molar-refractivity contribution < 1.29 is 14.3 Å². The molecule has 2 amide bonds. The van der Waals surface area contributed by atoms with Gasteiger partial charge >= 0.3 is 12.0 Å². The fourth-order valence-corrected chi connectivity index (χ4v) is 2.11. The van der Waals surface area contributed by atoms with Gasteiger partial charge in [-0.15, -0.1) is 0 Å². The molecule has 5 heteroatoms. The van der Waals surface area contributed by atoms with E-state index in [0.717, 1.165) is 16.7 Å². The van der Waals surface area contributed by atoms with E-state index in [1.54, 1.807) is 24.3 Å². The molecule has 0 unspecified atom stereocenters. The fourth-order valence-electron chi connectivity index (χ4n) is 2.11. The summed E-state index contributed by atoms with van der Waals surface area (Å²) in [5.74, 6) is -0.375. The number of amides is 2. The van der Waals surface area contributed by atoms with E-state index in [1.165, 1.54) is 7.11 Å². The lowest BCUT2D eigenvalue weighted by atomic mass is 10.1. The van der Waals surface area contributed by atoms with Crippen LogP contribution < -0.4 is 10.6 Å². The summed E-state index contributed by atoms with van der Waals surface area (Å²) >= 11 is 0. The zero-order valence-corrected chi connectivity index (χ0v) is 13.3. The standard InChI is InChI=1S/C18H20N2O3/c1-13-5-3-4-6-16(13)12-20-18(22)19-11-14-7-9-15(10-8-14)17(21)23-2/h3-10H,11-12H2,1-2H3,(H2,19,20,22). The molecule has 2 N–H and O–H groups in total. The predicted molar refractivity (Wildman–Crippen MR) is 88.0 cm³/mol. The number of esters is 1. The molecule has 120 valence electrons. The van der Waals surface area contributed by atoms with Crippen molar-refractivity contribution in [2.24, 2.45) is 0 Å². The van der Waals surface area contributed by atoms with Gasteiger partial charge in [0.05, 0.1) is 12.7 Å². The van der Waals surface area contributed by atoms with Gasteiger partial charge in [0.1, 0.15) is 0 Å². The highest BCUT2D eigenvalue weighted by Crippen LogP contribution is 2.07. The third kappa shape index (κ3) is 4.85. The van der Waals surface area contributed by atoms with Gasteiger partial charge in [-0.3, -0.25) is 0 Å².